The van der Waals surface area contributed by atoms with Crippen molar-refractivity contribution in [1.82, 2.24) is 9.97 Å². The van der Waals surface area contributed by atoms with Gasteiger partial charge in [-0.05, 0) is 51.7 Å². The van der Waals surface area contributed by atoms with Crippen molar-refractivity contribution in [3.63, 3.8) is 0 Å². The highest BCUT2D eigenvalue weighted by atomic mass is 16.7. The van der Waals surface area contributed by atoms with E-state index in [4.69, 9.17) is 9.31 Å². The molecule has 1 aliphatic heterocycles. The van der Waals surface area contributed by atoms with E-state index < -0.39 is 0 Å². The van der Waals surface area contributed by atoms with Crippen molar-refractivity contribution >= 4 is 23.6 Å². The number of nitrogens with one attached hydrogen (secondary N) is 1. The second kappa shape index (κ2) is 3.84. The van der Waals surface area contributed by atoms with Gasteiger partial charge in [-0.1, -0.05) is 6.07 Å². The van der Waals surface area contributed by atoms with Gasteiger partial charge >= 0.3 is 7.12 Å². The molecule has 1 fully saturated rings. The van der Waals surface area contributed by atoms with Gasteiger partial charge in [0.25, 0.3) is 0 Å². The Kier molecular flexibility index (Phi) is 2.56. The molecule has 1 saturated heterocycles. The molecule has 0 bridgehead atoms. The Hall–Kier alpha value is -1.33. The fraction of sp³-hybridized carbons (Fsp3) is 0.500. The molecule has 0 radical (unpaired) electrons. The first kappa shape index (κ1) is 12.7. The van der Waals surface area contributed by atoms with Crippen LogP contribution in [0.2, 0.25) is 0 Å². The van der Waals surface area contributed by atoms with Crippen molar-refractivity contribution in [1.29, 1.82) is 0 Å². The number of aryl methyl sites for hydroxylation is 1. The maximum absolute atomic E-state index is 6.10. The van der Waals surface area contributed by atoms with Crippen LogP contribution in [-0.2, 0) is 9.31 Å². The lowest BCUT2D eigenvalue weighted by Gasteiger charge is -2.32. The van der Waals surface area contributed by atoms with E-state index in [0.29, 0.717) is 0 Å². The molecule has 5 heteroatoms. The largest absolute Gasteiger partial charge is 0.495 e. The van der Waals surface area contributed by atoms with Crippen LogP contribution in [0.4, 0.5) is 0 Å². The number of rotatable bonds is 1. The summed E-state index contributed by atoms with van der Waals surface area (Å²) < 4.78 is 12.2. The van der Waals surface area contributed by atoms with Crippen molar-refractivity contribution in [3.05, 3.63) is 24.0 Å². The summed E-state index contributed by atoms with van der Waals surface area (Å²) in [4.78, 5) is 7.47. The molecule has 0 atom stereocenters. The maximum Gasteiger partial charge on any atom is 0.495 e. The van der Waals surface area contributed by atoms with Gasteiger partial charge in [0.1, 0.15) is 0 Å². The van der Waals surface area contributed by atoms with Gasteiger partial charge in [0.15, 0.2) is 0 Å². The minimum absolute atomic E-state index is 0.315. The normalized spacial score (nSPS) is 21.2. The van der Waals surface area contributed by atoms with Crippen LogP contribution >= 0.6 is 0 Å². The Morgan fingerprint density at radius 2 is 1.74 bits per heavy atom. The number of imidazole rings is 1. The van der Waals surface area contributed by atoms with E-state index in [9.17, 15) is 0 Å². The van der Waals surface area contributed by atoms with Crippen LogP contribution in [0.1, 0.15) is 33.3 Å². The summed E-state index contributed by atoms with van der Waals surface area (Å²) >= 11 is 0. The molecule has 0 unspecified atom stereocenters. The third-order valence-electron chi connectivity index (χ3n) is 4.39. The highest BCUT2D eigenvalue weighted by Crippen LogP contribution is 2.36. The van der Waals surface area contributed by atoms with Crippen LogP contribution in [0.5, 0.6) is 0 Å². The highest BCUT2D eigenvalue weighted by molar-refractivity contribution is 6.63. The Morgan fingerprint density at radius 1 is 1.11 bits per heavy atom. The topological polar surface area (TPSA) is 47.1 Å². The standard InChI is InChI=1S/C14H19BN2O2/c1-9-10(6-7-11-12(9)17-8-16-11)15-18-13(2,3)14(4,5)19-15/h6-8H,1-5H3,(H,16,17). The molecule has 1 aliphatic rings. The van der Waals surface area contributed by atoms with Gasteiger partial charge in [0.05, 0.1) is 28.6 Å². The zero-order valence-electron chi connectivity index (χ0n) is 12.1. The molecule has 3 rings (SSSR count). The first-order chi connectivity index (χ1) is 8.82. The molecule has 2 heterocycles. The van der Waals surface area contributed by atoms with E-state index in [2.05, 4.69) is 50.7 Å². The molecule has 0 aliphatic carbocycles. The minimum atomic E-state index is -0.328. The fourth-order valence-corrected chi connectivity index (χ4v) is 2.39. The lowest BCUT2D eigenvalue weighted by atomic mass is 9.76. The van der Waals surface area contributed by atoms with Gasteiger partial charge in [-0.2, -0.15) is 0 Å². The van der Waals surface area contributed by atoms with Gasteiger partial charge in [-0.15, -0.1) is 0 Å². The Bertz CT molecular complexity index is 617. The number of fused-ring (bicyclic) bond motifs is 1. The summed E-state index contributed by atoms with van der Waals surface area (Å²) in [5, 5.41) is 0. The monoisotopic (exact) mass is 258 g/mol. The summed E-state index contributed by atoms with van der Waals surface area (Å²) in [5.74, 6) is 0. The smallest absolute Gasteiger partial charge is 0.399 e. The number of benzene rings is 1. The molecule has 19 heavy (non-hydrogen) atoms. The van der Waals surface area contributed by atoms with Crippen molar-refractivity contribution in [2.24, 2.45) is 0 Å². The van der Waals surface area contributed by atoms with Gasteiger partial charge in [0.2, 0.25) is 0 Å². The van der Waals surface area contributed by atoms with Crippen molar-refractivity contribution < 1.29 is 9.31 Å². The van der Waals surface area contributed by atoms with Gasteiger partial charge in [-0.25, -0.2) is 4.98 Å². The first-order valence-corrected chi connectivity index (χ1v) is 6.60. The van der Waals surface area contributed by atoms with Crippen LogP contribution in [0.3, 0.4) is 0 Å². The van der Waals surface area contributed by atoms with E-state index in [1.54, 1.807) is 6.33 Å². The Labute approximate surface area is 113 Å². The van der Waals surface area contributed by atoms with Gasteiger partial charge in [-0.3, -0.25) is 0 Å². The number of aromatic amines is 1. The molecule has 100 valence electrons. The lowest BCUT2D eigenvalue weighted by molar-refractivity contribution is 0.00578. The van der Waals surface area contributed by atoms with Crippen LogP contribution in [0.25, 0.3) is 11.0 Å². The predicted octanol–water partition coefficient (Wildman–Crippen LogP) is 2.17. The van der Waals surface area contributed by atoms with Crippen molar-refractivity contribution in [2.45, 2.75) is 45.8 Å². The number of hydrogen-bond acceptors (Lipinski definition) is 3. The molecular weight excluding hydrogens is 239 g/mol. The van der Waals surface area contributed by atoms with Crippen molar-refractivity contribution in [3.8, 4) is 0 Å². The molecule has 0 saturated carbocycles. The number of H-pyrrole nitrogens is 1. The Morgan fingerprint density at radius 3 is 2.37 bits per heavy atom. The molecule has 0 amide bonds. The number of aromatic nitrogens is 2. The molecule has 1 aromatic heterocycles. The second-order valence-electron chi connectivity index (χ2n) is 6.17. The van der Waals surface area contributed by atoms with Gasteiger partial charge in [0, 0.05) is 0 Å². The number of nitrogens with zero attached hydrogens (tertiary/aromatic N) is 1. The summed E-state index contributed by atoms with van der Waals surface area (Å²) in [7, 11) is -0.328. The zero-order valence-corrected chi connectivity index (χ0v) is 12.1. The molecule has 1 aromatic carbocycles. The van der Waals surface area contributed by atoms with E-state index >= 15 is 0 Å². The second-order valence-corrected chi connectivity index (χ2v) is 6.17. The van der Waals surface area contributed by atoms with Crippen LogP contribution < -0.4 is 5.46 Å². The molecule has 0 spiro atoms. The maximum atomic E-state index is 6.10. The third-order valence-corrected chi connectivity index (χ3v) is 4.39. The fourth-order valence-electron chi connectivity index (χ4n) is 2.39. The summed E-state index contributed by atoms with van der Waals surface area (Å²) in [6.07, 6.45) is 1.71. The highest BCUT2D eigenvalue weighted by Gasteiger charge is 2.52. The van der Waals surface area contributed by atoms with E-state index in [0.717, 1.165) is 22.1 Å². The average molecular weight is 258 g/mol. The van der Waals surface area contributed by atoms with Crippen LogP contribution in [0, 0.1) is 6.92 Å². The van der Waals surface area contributed by atoms with Crippen LogP contribution in [-0.4, -0.2) is 28.3 Å². The Balaban J connectivity index is 2.04. The third kappa shape index (κ3) is 1.80. The summed E-state index contributed by atoms with van der Waals surface area (Å²) in [5.41, 5.74) is 3.55. The van der Waals surface area contributed by atoms with Crippen LogP contribution in [0.15, 0.2) is 18.5 Å². The predicted molar refractivity (Wildman–Crippen MR) is 76.5 cm³/mol. The zero-order chi connectivity index (χ0) is 13.8. The molecule has 2 aromatic rings. The minimum Gasteiger partial charge on any atom is -0.399 e. The quantitative estimate of drug-likeness (QED) is 0.797. The van der Waals surface area contributed by atoms with E-state index in [-0.39, 0.29) is 18.3 Å². The average Bonchev–Trinajstić information content (AvgIpc) is 2.83. The molecular formula is C14H19BN2O2. The van der Waals surface area contributed by atoms with Crippen molar-refractivity contribution in [2.75, 3.05) is 0 Å². The summed E-state index contributed by atoms with van der Waals surface area (Å²) in [6, 6.07) is 4.08. The van der Waals surface area contributed by atoms with E-state index in [1.165, 1.54) is 0 Å². The lowest BCUT2D eigenvalue weighted by Crippen LogP contribution is -2.41. The SMILES string of the molecule is Cc1c(B2OC(C)(C)C(C)(C)O2)ccc2[nH]cnc12. The molecule has 1 N–H and O–H groups in total. The van der Waals surface area contributed by atoms with E-state index in [1.807, 2.05) is 6.07 Å². The van der Waals surface area contributed by atoms with Gasteiger partial charge < -0.3 is 14.3 Å². The molecule has 4 nitrogen and oxygen atoms in total. The summed E-state index contributed by atoms with van der Waals surface area (Å²) in [6.45, 7) is 10.3. The number of hydrogen-bond donors (Lipinski definition) is 1. The first-order valence-electron chi connectivity index (χ1n) is 6.60.